The molecule has 1 rings (SSSR count). The number of rotatable bonds is 21. The molecular weight excluding hydrogens is 400 g/mol. The lowest BCUT2D eigenvalue weighted by molar-refractivity contribution is -0.219. The number of benzene rings is 1. The van der Waals surface area contributed by atoms with Crippen molar-refractivity contribution in [3.63, 3.8) is 0 Å². The van der Waals surface area contributed by atoms with Crippen molar-refractivity contribution in [1.82, 2.24) is 0 Å². The molecular formula is C28H48O4. The molecule has 4 nitrogen and oxygen atoms in total. The fourth-order valence-electron chi connectivity index (χ4n) is 3.92. The lowest BCUT2D eigenvalue weighted by Gasteiger charge is -2.31. The molecule has 0 N–H and O–H groups in total. The fourth-order valence-corrected chi connectivity index (χ4v) is 3.92. The molecule has 0 fully saturated rings. The van der Waals surface area contributed by atoms with E-state index in [2.05, 4.69) is 13.8 Å². The molecule has 0 bridgehead atoms. The summed E-state index contributed by atoms with van der Waals surface area (Å²) >= 11 is 0. The van der Waals surface area contributed by atoms with Crippen molar-refractivity contribution in [3.8, 4) is 5.75 Å². The maximum atomic E-state index is 13.2. The molecule has 0 amide bonds. The van der Waals surface area contributed by atoms with Gasteiger partial charge in [0, 0.05) is 13.0 Å². The van der Waals surface area contributed by atoms with Gasteiger partial charge in [0.25, 0.3) is 0 Å². The number of carbonyl (C=O) groups excluding carboxylic acids is 1. The Hall–Kier alpha value is -1.55. The van der Waals surface area contributed by atoms with Crippen molar-refractivity contribution < 1.29 is 19.0 Å². The zero-order valence-corrected chi connectivity index (χ0v) is 21.0. The average Bonchev–Trinajstić information content (AvgIpc) is 2.80. The number of hydrogen-bond acceptors (Lipinski definition) is 4. The van der Waals surface area contributed by atoms with Gasteiger partial charge in [-0.05, 0) is 31.9 Å². The molecule has 0 saturated carbocycles. The minimum absolute atomic E-state index is 0.389. The van der Waals surface area contributed by atoms with Gasteiger partial charge >= 0.3 is 11.8 Å². The van der Waals surface area contributed by atoms with Crippen LogP contribution in [0.3, 0.4) is 0 Å². The summed E-state index contributed by atoms with van der Waals surface area (Å²) < 4.78 is 17.8. The zero-order chi connectivity index (χ0) is 23.3. The molecule has 0 radical (unpaired) electrons. The first-order valence-corrected chi connectivity index (χ1v) is 13.2. The maximum Gasteiger partial charge on any atom is 0.379 e. The van der Waals surface area contributed by atoms with Crippen LogP contribution in [0.5, 0.6) is 5.75 Å². The van der Waals surface area contributed by atoms with E-state index in [1.165, 1.54) is 64.2 Å². The van der Waals surface area contributed by atoms with Crippen LogP contribution in [0, 0.1) is 0 Å². The van der Waals surface area contributed by atoms with Gasteiger partial charge in [0.2, 0.25) is 0 Å². The summed E-state index contributed by atoms with van der Waals surface area (Å²) in [6.45, 7) is 7.19. The van der Waals surface area contributed by atoms with Crippen LogP contribution in [-0.4, -0.2) is 25.0 Å². The molecule has 0 spiro atoms. The topological polar surface area (TPSA) is 44.8 Å². The summed E-state index contributed by atoms with van der Waals surface area (Å²) in [5.74, 6) is -1.11. The van der Waals surface area contributed by atoms with E-state index in [1.807, 2.05) is 37.3 Å². The van der Waals surface area contributed by atoms with E-state index in [1.54, 1.807) is 0 Å². The standard InChI is InChI=1S/C28H48O4/c1-4-7-9-11-13-15-20-24-28(31-6-3,32-26-22-18-17-19-23-26)27(29)30-25-21-16-14-12-10-8-5-2/h17-19,22-23H,4-16,20-21,24-25H2,1-3H3. The second-order valence-corrected chi connectivity index (χ2v) is 8.73. The predicted octanol–water partition coefficient (Wildman–Crippen LogP) is 8.23. The van der Waals surface area contributed by atoms with Crippen LogP contribution < -0.4 is 4.74 Å². The SMILES string of the molecule is CCCCCCCCCOC(=O)C(CCCCCCCCC)(OCC)Oc1ccccc1. The van der Waals surface area contributed by atoms with Gasteiger partial charge in [-0.2, -0.15) is 0 Å². The van der Waals surface area contributed by atoms with Crippen molar-refractivity contribution >= 4 is 5.97 Å². The van der Waals surface area contributed by atoms with Gasteiger partial charge in [-0.25, -0.2) is 4.79 Å². The van der Waals surface area contributed by atoms with E-state index >= 15 is 0 Å². The molecule has 0 aliphatic heterocycles. The number of carbonyl (C=O) groups is 1. The van der Waals surface area contributed by atoms with E-state index in [0.29, 0.717) is 25.4 Å². The second kappa shape index (κ2) is 19.0. The van der Waals surface area contributed by atoms with Gasteiger partial charge in [0.05, 0.1) is 6.61 Å². The van der Waals surface area contributed by atoms with Crippen molar-refractivity contribution in [2.45, 2.75) is 123 Å². The highest BCUT2D eigenvalue weighted by Crippen LogP contribution is 2.27. The van der Waals surface area contributed by atoms with Crippen molar-refractivity contribution in [2.75, 3.05) is 13.2 Å². The monoisotopic (exact) mass is 448 g/mol. The quantitative estimate of drug-likeness (QED) is 0.108. The molecule has 32 heavy (non-hydrogen) atoms. The summed E-state index contributed by atoms with van der Waals surface area (Å²) in [5.41, 5.74) is 0. The van der Waals surface area contributed by atoms with Gasteiger partial charge in [0.1, 0.15) is 5.75 Å². The van der Waals surface area contributed by atoms with Gasteiger partial charge in [0.15, 0.2) is 0 Å². The first kappa shape index (κ1) is 28.5. The molecule has 1 unspecified atom stereocenters. The molecule has 0 saturated heterocycles. The van der Waals surface area contributed by atoms with Crippen LogP contribution in [-0.2, 0) is 14.3 Å². The highest BCUT2D eigenvalue weighted by molar-refractivity contribution is 5.78. The Labute approximate surface area is 197 Å². The fraction of sp³-hybridized carbons (Fsp3) is 0.750. The molecule has 0 aliphatic carbocycles. The van der Waals surface area contributed by atoms with Crippen LogP contribution >= 0.6 is 0 Å². The summed E-state index contributed by atoms with van der Waals surface area (Å²) in [5, 5.41) is 0. The first-order chi connectivity index (χ1) is 15.7. The lowest BCUT2D eigenvalue weighted by atomic mass is 10.0. The summed E-state index contributed by atoms with van der Waals surface area (Å²) in [7, 11) is 0. The molecule has 1 atom stereocenters. The highest BCUT2D eigenvalue weighted by atomic mass is 16.7. The number of hydrogen-bond donors (Lipinski definition) is 0. The number of ether oxygens (including phenoxy) is 3. The predicted molar refractivity (Wildman–Crippen MR) is 133 cm³/mol. The minimum atomic E-state index is -1.36. The third kappa shape index (κ3) is 12.5. The van der Waals surface area contributed by atoms with E-state index in [4.69, 9.17) is 14.2 Å². The average molecular weight is 449 g/mol. The Morgan fingerprint density at radius 2 is 1.25 bits per heavy atom. The van der Waals surface area contributed by atoms with Gasteiger partial charge in [-0.1, -0.05) is 109 Å². The lowest BCUT2D eigenvalue weighted by Crippen LogP contribution is -2.48. The van der Waals surface area contributed by atoms with E-state index in [9.17, 15) is 4.79 Å². The Morgan fingerprint density at radius 3 is 1.81 bits per heavy atom. The first-order valence-electron chi connectivity index (χ1n) is 13.2. The largest absolute Gasteiger partial charge is 0.461 e. The van der Waals surface area contributed by atoms with Gasteiger partial charge < -0.3 is 14.2 Å². The Balaban J connectivity index is 2.60. The van der Waals surface area contributed by atoms with Crippen molar-refractivity contribution in [2.24, 2.45) is 0 Å². The molecule has 4 heteroatoms. The van der Waals surface area contributed by atoms with Crippen LogP contribution in [0.25, 0.3) is 0 Å². The van der Waals surface area contributed by atoms with Crippen LogP contribution in [0.1, 0.15) is 117 Å². The Kier molecular flexibility index (Phi) is 16.9. The third-order valence-electron chi connectivity index (χ3n) is 5.80. The van der Waals surface area contributed by atoms with Gasteiger partial charge in [-0.15, -0.1) is 0 Å². The summed E-state index contributed by atoms with van der Waals surface area (Å²) in [6, 6.07) is 9.47. The molecule has 0 aliphatic rings. The highest BCUT2D eigenvalue weighted by Gasteiger charge is 2.43. The van der Waals surface area contributed by atoms with Crippen LogP contribution in [0.4, 0.5) is 0 Å². The van der Waals surface area contributed by atoms with E-state index < -0.39 is 5.79 Å². The smallest absolute Gasteiger partial charge is 0.379 e. The molecule has 0 heterocycles. The zero-order valence-electron chi connectivity index (χ0n) is 21.0. The number of esters is 1. The second-order valence-electron chi connectivity index (χ2n) is 8.73. The van der Waals surface area contributed by atoms with E-state index in [0.717, 1.165) is 25.7 Å². The van der Waals surface area contributed by atoms with Crippen molar-refractivity contribution in [1.29, 1.82) is 0 Å². The minimum Gasteiger partial charge on any atom is -0.461 e. The number of unbranched alkanes of at least 4 members (excludes halogenated alkanes) is 12. The van der Waals surface area contributed by atoms with Crippen molar-refractivity contribution in [3.05, 3.63) is 30.3 Å². The van der Waals surface area contributed by atoms with Crippen LogP contribution in [0.2, 0.25) is 0 Å². The Morgan fingerprint density at radius 1 is 0.719 bits per heavy atom. The van der Waals surface area contributed by atoms with E-state index in [-0.39, 0.29) is 5.97 Å². The third-order valence-corrected chi connectivity index (χ3v) is 5.80. The molecule has 1 aromatic rings. The van der Waals surface area contributed by atoms with Crippen LogP contribution in [0.15, 0.2) is 30.3 Å². The maximum absolute atomic E-state index is 13.2. The normalized spacial score (nSPS) is 13.0. The number of para-hydroxylation sites is 1. The molecule has 1 aromatic carbocycles. The Bertz CT molecular complexity index is 560. The van der Waals surface area contributed by atoms with Gasteiger partial charge in [-0.3, -0.25) is 0 Å². The molecule has 184 valence electrons. The summed E-state index contributed by atoms with van der Waals surface area (Å²) in [6.07, 6.45) is 17.0. The summed E-state index contributed by atoms with van der Waals surface area (Å²) in [4.78, 5) is 13.2. The molecule has 0 aromatic heterocycles.